The van der Waals surface area contributed by atoms with Crippen LogP contribution < -0.4 is 19.9 Å². The summed E-state index contributed by atoms with van der Waals surface area (Å²) < 4.78 is 38.3. The number of aromatic amines is 1. The number of benzene rings is 2. The Bertz CT molecular complexity index is 1210. The number of rotatable bonds is 4. The summed E-state index contributed by atoms with van der Waals surface area (Å²) in [6, 6.07) is 9.01. The lowest BCUT2D eigenvalue weighted by molar-refractivity contribution is -0.193. The number of nitrogens with one attached hydrogen (secondary N) is 1. The third kappa shape index (κ3) is 3.24. The molecule has 0 bridgehead atoms. The Morgan fingerprint density at radius 3 is 2.77 bits per heavy atom. The van der Waals surface area contributed by atoms with E-state index in [9.17, 15) is 23.5 Å². The first-order valence-electron chi connectivity index (χ1n) is 8.98. The minimum Gasteiger partial charge on any atom is -0.497 e. The van der Waals surface area contributed by atoms with Gasteiger partial charge < -0.3 is 19.6 Å². The molecule has 1 aliphatic heterocycles. The zero-order chi connectivity index (χ0) is 21.6. The largest absolute Gasteiger partial charge is 0.497 e. The number of amides is 1. The number of aliphatic hydroxyl groups is 1. The number of para-hydroxylation sites is 1. The van der Waals surface area contributed by atoms with Crippen molar-refractivity contribution < 1.29 is 28.2 Å². The van der Waals surface area contributed by atoms with E-state index in [0.717, 1.165) is 4.90 Å². The Kier molecular flexibility index (Phi) is 4.65. The third-order valence-corrected chi connectivity index (χ3v) is 4.76. The van der Waals surface area contributed by atoms with Crippen molar-refractivity contribution >= 4 is 22.5 Å². The van der Waals surface area contributed by atoms with E-state index in [-0.39, 0.29) is 28.2 Å². The van der Waals surface area contributed by atoms with Gasteiger partial charge in [-0.15, -0.1) is 0 Å². The van der Waals surface area contributed by atoms with Crippen LogP contribution in [-0.2, 0) is 11.3 Å². The van der Waals surface area contributed by atoms with E-state index in [1.165, 1.54) is 44.4 Å². The van der Waals surface area contributed by atoms with Crippen molar-refractivity contribution in [2.24, 2.45) is 0 Å². The lowest BCUT2D eigenvalue weighted by atomic mass is 10.1. The second-order valence-electron chi connectivity index (χ2n) is 6.78. The average Bonchev–Trinajstić information content (AvgIpc) is 2.70. The molecule has 0 spiro atoms. The van der Waals surface area contributed by atoms with E-state index >= 15 is 0 Å². The molecule has 0 saturated heterocycles. The quantitative estimate of drug-likeness (QED) is 0.676. The van der Waals surface area contributed by atoms with Gasteiger partial charge in [-0.25, -0.2) is 4.98 Å². The Morgan fingerprint density at radius 2 is 2.07 bits per heavy atom. The molecule has 2 heterocycles. The summed E-state index contributed by atoms with van der Waals surface area (Å²) in [5, 5.41) is 10.2. The zero-order valence-electron chi connectivity index (χ0n) is 16.0. The van der Waals surface area contributed by atoms with Crippen LogP contribution in [0.15, 0.2) is 41.2 Å². The number of carbonyl (C=O) groups is 1. The van der Waals surface area contributed by atoms with Crippen LogP contribution in [0, 0.1) is 0 Å². The van der Waals surface area contributed by atoms with Crippen LogP contribution in [0.25, 0.3) is 10.9 Å². The van der Waals surface area contributed by atoms with Gasteiger partial charge in [-0.3, -0.25) is 14.5 Å². The van der Waals surface area contributed by atoms with Crippen molar-refractivity contribution in [2.45, 2.75) is 25.7 Å². The Morgan fingerprint density at radius 1 is 1.30 bits per heavy atom. The van der Waals surface area contributed by atoms with E-state index in [1.54, 1.807) is 6.07 Å². The maximum Gasteiger partial charge on any atom is 0.483 e. The molecule has 30 heavy (non-hydrogen) atoms. The highest BCUT2D eigenvalue weighted by molar-refractivity contribution is 6.01. The van der Waals surface area contributed by atoms with Crippen LogP contribution in [-0.4, -0.2) is 34.2 Å². The summed E-state index contributed by atoms with van der Waals surface area (Å²) in [7, 11) is 1.46. The molecule has 0 saturated carbocycles. The fraction of sp³-hybridized carbons (Fsp3) is 0.250. The predicted molar refractivity (Wildman–Crippen MR) is 103 cm³/mol. The van der Waals surface area contributed by atoms with Gasteiger partial charge in [-0.05, 0) is 25.1 Å². The molecule has 0 radical (unpaired) electrons. The van der Waals surface area contributed by atoms with E-state index < -0.39 is 30.2 Å². The number of ether oxygens (including phenoxy) is 2. The highest BCUT2D eigenvalue weighted by Crippen LogP contribution is 2.44. The molecule has 2 N–H and O–H groups in total. The Balaban J connectivity index is 1.82. The van der Waals surface area contributed by atoms with Crippen LogP contribution in [0.1, 0.15) is 24.4 Å². The Labute approximate surface area is 168 Å². The second kappa shape index (κ2) is 7.06. The summed E-state index contributed by atoms with van der Waals surface area (Å²) in [5.74, 6) is -1.44. The first kappa shape index (κ1) is 19.8. The maximum absolute atomic E-state index is 14.3. The number of hydrogen-bond acceptors (Lipinski definition) is 6. The summed E-state index contributed by atoms with van der Waals surface area (Å²) >= 11 is 0. The monoisotopic (exact) mass is 417 g/mol. The topological polar surface area (TPSA) is 105 Å². The van der Waals surface area contributed by atoms with E-state index in [1.807, 2.05) is 0 Å². The van der Waals surface area contributed by atoms with Crippen molar-refractivity contribution in [1.82, 2.24) is 9.97 Å². The van der Waals surface area contributed by atoms with Crippen molar-refractivity contribution in [3.63, 3.8) is 0 Å². The molecular weight excluding hydrogens is 400 g/mol. The molecule has 1 aliphatic rings. The van der Waals surface area contributed by atoms with Crippen LogP contribution in [0.2, 0.25) is 0 Å². The molecule has 1 amide bonds. The lowest BCUT2D eigenvalue weighted by Crippen LogP contribution is -2.51. The van der Waals surface area contributed by atoms with E-state index in [4.69, 9.17) is 4.74 Å². The van der Waals surface area contributed by atoms with Gasteiger partial charge in [0.05, 0.1) is 36.3 Å². The van der Waals surface area contributed by atoms with Gasteiger partial charge in [0.15, 0.2) is 5.75 Å². The highest BCUT2D eigenvalue weighted by Gasteiger charge is 2.51. The SMILES string of the molecule is COc1ccc2c(=O)[nH]c(CN3C(=O)C(F)(F)Oc4c([C@H](C)O)cccc43)nc2c1. The number of fused-ring (bicyclic) bond motifs is 2. The van der Waals surface area contributed by atoms with E-state index in [0.29, 0.717) is 11.3 Å². The van der Waals surface area contributed by atoms with Gasteiger partial charge >= 0.3 is 12.0 Å². The van der Waals surface area contributed by atoms with Crippen LogP contribution in [0.3, 0.4) is 0 Å². The van der Waals surface area contributed by atoms with Gasteiger partial charge in [0.25, 0.3) is 5.56 Å². The molecule has 0 unspecified atom stereocenters. The molecule has 10 heteroatoms. The first-order chi connectivity index (χ1) is 14.2. The number of methoxy groups -OCH3 is 1. The fourth-order valence-electron chi connectivity index (χ4n) is 3.31. The van der Waals surface area contributed by atoms with Gasteiger partial charge in [0, 0.05) is 11.6 Å². The number of aliphatic hydroxyl groups excluding tert-OH is 1. The number of alkyl halides is 2. The Hall–Kier alpha value is -3.53. The molecule has 1 aromatic heterocycles. The van der Waals surface area contributed by atoms with Crippen LogP contribution >= 0.6 is 0 Å². The maximum atomic E-state index is 14.3. The molecule has 2 aromatic carbocycles. The fourth-order valence-corrected chi connectivity index (χ4v) is 3.31. The number of aromatic nitrogens is 2. The molecule has 0 aliphatic carbocycles. The van der Waals surface area contributed by atoms with Gasteiger partial charge in [0.2, 0.25) is 0 Å². The normalized spacial score (nSPS) is 16.2. The summed E-state index contributed by atoms with van der Waals surface area (Å²) in [4.78, 5) is 32.4. The standard InChI is InChI=1S/C20H17F2N3O5/c1-10(26)12-4-3-5-15-17(12)30-20(21,22)19(28)25(15)9-16-23-14-8-11(29-2)6-7-13(14)18(27)24-16/h3-8,10,26H,9H2,1-2H3,(H,23,24,27)/t10-/m0/s1. The molecule has 8 nitrogen and oxygen atoms in total. The highest BCUT2D eigenvalue weighted by atomic mass is 19.3. The number of anilines is 1. The molecular formula is C20H17F2N3O5. The average molecular weight is 417 g/mol. The van der Waals surface area contributed by atoms with Crippen molar-refractivity contribution in [3.8, 4) is 11.5 Å². The molecule has 3 aromatic rings. The smallest absolute Gasteiger partial charge is 0.483 e. The summed E-state index contributed by atoms with van der Waals surface area (Å²) in [6.45, 7) is 0.962. The van der Waals surface area contributed by atoms with Crippen LogP contribution in [0.5, 0.6) is 11.5 Å². The first-order valence-corrected chi connectivity index (χ1v) is 8.98. The van der Waals surface area contributed by atoms with Crippen molar-refractivity contribution in [1.29, 1.82) is 0 Å². The third-order valence-electron chi connectivity index (χ3n) is 4.76. The van der Waals surface area contributed by atoms with Gasteiger partial charge in [-0.2, -0.15) is 8.78 Å². The number of nitrogens with zero attached hydrogens (tertiary/aromatic N) is 2. The predicted octanol–water partition coefficient (Wildman–Crippen LogP) is 2.50. The number of hydrogen-bond donors (Lipinski definition) is 2. The minimum atomic E-state index is -4.14. The molecule has 1 atom stereocenters. The summed E-state index contributed by atoms with van der Waals surface area (Å²) in [6.07, 6.45) is -5.24. The zero-order valence-corrected chi connectivity index (χ0v) is 16.0. The molecule has 156 valence electrons. The summed E-state index contributed by atoms with van der Waals surface area (Å²) in [5.41, 5.74) is -0.0475. The molecule has 4 rings (SSSR count). The number of carbonyl (C=O) groups excluding carboxylic acids is 1. The van der Waals surface area contributed by atoms with Crippen molar-refractivity contribution in [2.75, 3.05) is 12.0 Å². The van der Waals surface area contributed by atoms with Gasteiger partial charge in [-0.1, -0.05) is 12.1 Å². The lowest BCUT2D eigenvalue weighted by Gasteiger charge is -2.34. The number of halogens is 2. The van der Waals surface area contributed by atoms with Crippen molar-refractivity contribution in [3.05, 3.63) is 58.1 Å². The van der Waals surface area contributed by atoms with Gasteiger partial charge in [0.1, 0.15) is 11.6 Å². The van der Waals surface area contributed by atoms with E-state index in [2.05, 4.69) is 14.7 Å². The second-order valence-corrected chi connectivity index (χ2v) is 6.78. The minimum absolute atomic E-state index is 0.000188. The van der Waals surface area contributed by atoms with Crippen LogP contribution in [0.4, 0.5) is 14.5 Å². The number of H-pyrrole nitrogens is 1. The molecule has 0 fully saturated rings.